The van der Waals surface area contributed by atoms with Crippen molar-refractivity contribution < 1.29 is 4.79 Å². The van der Waals surface area contributed by atoms with Crippen LogP contribution in [0.25, 0.3) is 0 Å². The highest BCUT2D eigenvalue weighted by Crippen LogP contribution is 2.40. The minimum atomic E-state index is -0.365. The van der Waals surface area contributed by atoms with E-state index in [0.717, 1.165) is 13.1 Å². The molecular formula is C16H24N2O. The molecule has 0 atom stereocenters. The zero-order chi connectivity index (χ0) is 13.7. The summed E-state index contributed by atoms with van der Waals surface area (Å²) in [5.74, 6) is -0.365. The van der Waals surface area contributed by atoms with Crippen LogP contribution in [0.4, 0.5) is 0 Å². The number of carbonyl (C=O) groups is 1. The minimum Gasteiger partial charge on any atom is -0.366 e. The number of primary amides is 1. The minimum absolute atomic E-state index is 0.365. The van der Waals surface area contributed by atoms with Gasteiger partial charge in [0.15, 0.2) is 0 Å². The zero-order valence-corrected chi connectivity index (χ0v) is 11.7. The lowest BCUT2D eigenvalue weighted by Crippen LogP contribution is -2.31. The van der Waals surface area contributed by atoms with Crippen molar-refractivity contribution in [2.24, 2.45) is 11.1 Å². The molecule has 0 heterocycles. The molecule has 1 saturated carbocycles. The third-order valence-electron chi connectivity index (χ3n) is 4.48. The number of hydrogen-bond donors (Lipinski definition) is 2. The molecule has 3 nitrogen and oxygen atoms in total. The summed E-state index contributed by atoms with van der Waals surface area (Å²) in [7, 11) is 0. The van der Waals surface area contributed by atoms with E-state index in [4.69, 9.17) is 5.73 Å². The van der Waals surface area contributed by atoms with Crippen molar-refractivity contribution in [1.29, 1.82) is 0 Å². The van der Waals surface area contributed by atoms with Crippen molar-refractivity contribution in [3.05, 3.63) is 35.4 Å². The smallest absolute Gasteiger partial charge is 0.248 e. The maximum absolute atomic E-state index is 11.0. The van der Waals surface area contributed by atoms with Crippen LogP contribution in [-0.2, 0) is 6.54 Å². The molecular weight excluding hydrogens is 236 g/mol. The third kappa shape index (κ3) is 3.57. The number of carbonyl (C=O) groups excluding carboxylic acids is 1. The summed E-state index contributed by atoms with van der Waals surface area (Å²) in [5, 5.41) is 3.57. The second-order valence-electron chi connectivity index (χ2n) is 5.73. The van der Waals surface area contributed by atoms with E-state index in [9.17, 15) is 4.79 Å². The molecule has 2 rings (SSSR count). The lowest BCUT2D eigenvalue weighted by molar-refractivity contribution is 0.100. The average molecular weight is 260 g/mol. The van der Waals surface area contributed by atoms with Crippen LogP contribution >= 0.6 is 0 Å². The van der Waals surface area contributed by atoms with Gasteiger partial charge < -0.3 is 11.1 Å². The summed E-state index contributed by atoms with van der Waals surface area (Å²) >= 11 is 0. The molecule has 3 heteroatoms. The van der Waals surface area contributed by atoms with Crippen LogP contribution in [0.15, 0.2) is 24.3 Å². The molecule has 104 valence electrons. The molecule has 1 aliphatic carbocycles. The first-order valence-electron chi connectivity index (χ1n) is 7.25. The van der Waals surface area contributed by atoms with Gasteiger partial charge in [-0.15, -0.1) is 0 Å². The Balaban J connectivity index is 1.83. The molecule has 1 aromatic rings. The monoisotopic (exact) mass is 260 g/mol. The Morgan fingerprint density at radius 2 is 1.89 bits per heavy atom. The van der Waals surface area contributed by atoms with Gasteiger partial charge in [-0.2, -0.15) is 0 Å². The summed E-state index contributed by atoms with van der Waals surface area (Å²) in [6.07, 6.45) is 6.74. The van der Waals surface area contributed by atoms with Gasteiger partial charge in [0.05, 0.1) is 0 Å². The van der Waals surface area contributed by atoms with E-state index < -0.39 is 0 Å². The molecule has 0 aromatic heterocycles. The number of nitrogens with two attached hydrogens (primary N) is 1. The normalized spacial score (nSPS) is 17.5. The van der Waals surface area contributed by atoms with Crippen LogP contribution in [0, 0.1) is 5.41 Å². The summed E-state index contributed by atoms with van der Waals surface area (Å²) in [6, 6.07) is 7.54. The van der Waals surface area contributed by atoms with E-state index in [1.54, 1.807) is 12.1 Å². The number of amides is 1. The predicted molar refractivity (Wildman–Crippen MR) is 77.9 cm³/mol. The van der Waals surface area contributed by atoms with Gasteiger partial charge in [0.2, 0.25) is 5.91 Å². The van der Waals surface area contributed by atoms with Crippen molar-refractivity contribution in [2.45, 2.75) is 45.6 Å². The summed E-state index contributed by atoms with van der Waals surface area (Å²) in [4.78, 5) is 11.0. The van der Waals surface area contributed by atoms with Gasteiger partial charge in [0.25, 0.3) is 0 Å². The molecule has 0 bridgehead atoms. The van der Waals surface area contributed by atoms with Crippen LogP contribution in [0.3, 0.4) is 0 Å². The average Bonchev–Trinajstić information content (AvgIpc) is 2.89. The SMILES string of the molecule is CCC1(CNCc2ccc(C(N)=O)cc2)CCCC1. The van der Waals surface area contributed by atoms with Crippen LogP contribution in [0.1, 0.15) is 54.9 Å². The topological polar surface area (TPSA) is 55.1 Å². The fourth-order valence-electron chi connectivity index (χ4n) is 3.04. The van der Waals surface area contributed by atoms with Crippen molar-refractivity contribution in [2.75, 3.05) is 6.54 Å². The van der Waals surface area contributed by atoms with E-state index in [0.29, 0.717) is 11.0 Å². The molecule has 19 heavy (non-hydrogen) atoms. The molecule has 0 spiro atoms. The van der Waals surface area contributed by atoms with E-state index >= 15 is 0 Å². The highest BCUT2D eigenvalue weighted by Gasteiger charge is 2.31. The largest absolute Gasteiger partial charge is 0.366 e. The Hall–Kier alpha value is -1.35. The van der Waals surface area contributed by atoms with Crippen molar-refractivity contribution in [3.8, 4) is 0 Å². The first kappa shape index (κ1) is 14.1. The molecule has 1 aromatic carbocycles. The van der Waals surface area contributed by atoms with Gasteiger partial charge in [-0.25, -0.2) is 0 Å². The number of benzene rings is 1. The molecule has 1 aliphatic rings. The van der Waals surface area contributed by atoms with E-state index in [1.165, 1.54) is 37.7 Å². The molecule has 0 aliphatic heterocycles. The highest BCUT2D eigenvalue weighted by atomic mass is 16.1. The van der Waals surface area contributed by atoms with Gasteiger partial charge in [0.1, 0.15) is 0 Å². The van der Waals surface area contributed by atoms with Gasteiger partial charge in [-0.1, -0.05) is 31.9 Å². The lowest BCUT2D eigenvalue weighted by atomic mass is 9.83. The van der Waals surface area contributed by atoms with Gasteiger partial charge in [-0.3, -0.25) is 4.79 Å². The highest BCUT2D eigenvalue weighted by molar-refractivity contribution is 5.92. The zero-order valence-electron chi connectivity index (χ0n) is 11.7. The van der Waals surface area contributed by atoms with Crippen molar-refractivity contribution in [1.82, 2.24) is 5.32 Å². The maximum atomic E-state index is 11.0. The van der Waals surface area contributed by atoms with E-state index in [-0.39, 0.29) is 5.91 Å². The third-order valence-corrected chi connectivity index (χ3v) is 4.48. The Labute approximate surface area is 115 Å². The summed E-state index contributed by atoms with van der Waals surface area (Å²) < 4.78 is 0. The summed E-state index contributed by atoms with van der Waals surface area (Å²) in [5.41, 5.74) is 7.53. The Bertz CT molecular complexity index is 419. The van der Waals surface area contributed by atoms with Gasteiger partial charge in [0, 0.05) is 18.7 Å². The fraction of sp³-hybridized carbons (Fsp3) is 0.562. The fourth-order valence-corrected chi connectivity index (χ4v) is 3.04. The Morgan fingerprint density at radius 3 is 2.42 bits per heavy atom. The Kier molecular flexibility index (Phi) is 4.59. The molecule has 1 amide bonds. The van der Waals surface area contributed by atoms with Gasteiger partial charge >= 0.3 is 0 Å². The first-order chi connectivity index (χ1) is 9.15. The number of hydrogen-bond acceptors (Lipinski definition) is 2. The van der Waals surface area contributed by atoms with E-state index in [2.05, 4.69) is 12.2 Å². The molecule has 0 saturated heterocycles. The van der Waals surface area contributed by atoms with Crippen LogP contribution < -0.4 is 11.1 Å². The van der Waals surface area contributed by atoms with Crippen molar-refractivity contribution >= 4 is 5.91 Å². The van der Waals surface area contributed by atoms with Gasteiger partial charge in [-0.05, 0) is 42.4 Å². The number of nitrogens with one attached hydrogen (secondary N) is 1. The Morgan fingerprint density at radius 1 is 1.26 bits per heavy atom. The second kappa shape index (κ2) is 6.20. The lowest BCUT2D eigenvalue weighted by Gasteiger charge is -2.27. The second-order valence-corrected chi connectivity index (χ2v) is 5.73. The molecule has 1 fully saturated rings. The van der Waals surface area contributed by atoms with Crippen LogP contribution in [-0.4, -0.2) is 12.5 Å². The quantitative estimate of drug-likeness (QED) is 0.826. The van der Waals surface area contributed by atoms with Crippen molar-refractivity contribution in [3.63, 3.8) is 0 Å². The number of rotatable bonds is 6. The molecule has 0 unspecified atom stereocenters. The standard InChI is InChI=1S/C16H24N2O/c1-2-16(9-3-4-10-16)12-18-11-13-5-7-14(8-6-13)15(17)19/h5-8,18H,2-4,9-12H2,1H3,(H2,17,19). The van der Waals surface area contributed by atoms with Crippen LogP contribution in [0.5, 0.6) is 0 Å². The molecule has 0 radical (unpaired) electrons. The summed E-state index contributed by atoms with van der Waals surface area (Å²) in [6.45, 7) is 4.26. The first-order valence-corrected chi connectivity index (χ1v) is 7.25. The maximum Gasteiger partial charge on any atom is 0.248 e. The molecule has 3 N–H and O–H groups in total. The van der Waals surface area contributed by atoms with E-state index in [1.807, 2.05) is 12.1 Å². The van der Waals surface area contributed by atoms with Crippen LogP contribution in [0.2, 0.25) is 0 Å². The predicted octanol–water partition coefficient (Wildman–Crippen LogP) is 2.85.